The summed E-state index contributed by atoms with van der Waals surface area (Å²) in [7, 11) is 0. The van der Waals surface area contributed by atoms with Crippen LogP contribution in [0.4, 0.5) is 5.69 Å². The normalized spacial score (nSPS) is 16.4. The number of carboxylic acid groups (broad SMARTS) is 1. The molecule has 0 aromatic heterocycles. The number of benzene rings is 1. The second-order valence-electron chi connectivity index (χ2n) is 4.45. The number of fused-ring (bicyclic) bond motifs is 1. The van der Waals surface area contributed by atoms with Gasteiger partial charge in [-0.15, -0.1) is 0 Å². The summed E-state index contributed by atoms with van der Waals surface area (Å²) in [4.78, 5) is 12.9. The number of hydrogen-bond acceptors (Lipinski definition) is 3. The molecule has 1 heterocycles. The highest BCUT2D eigenvalue weighted by Gasteiger charge is 2.18. The molecule has 4 nitrogen and oxygen atoms in total. The second-order valence-corrected chi connectivity index (χ2v) is 4.45. The average Bonchev–Trinajstić information content (AvgIpc) is 2.35. The molecule has 0 aliphatic carbocycles. The summed E-state index contributed by atoms with van der Waals surface area (Å²) in [6, 6.07) is 7.54. The van der Waals surface area contributed by atoms with Gasteiger partial charge >= 0.3 is 5.97 Å². The number of rotatable bonds is 4. The molecule has 3 N–H and O–H groups in total. The van der Waals surface area contributed by atoms with Crippen molar-refractivity contribution >= 4 is 11.7 Å². The minimum Gasteiger partial charge on any atom is -0.480 e. The number of anilines is 1. The van der Waals surface area contributed by atoms with Gasteiger partial charge in [0, 0.05) is 18.8 Å². The Hall–Kier alpha value is -1.55. The lowest BCUT2D eigenvalue weighted by atomic mass is 10.0. The first-order valence-corrected chi connectivity index (χ1v) is 5.99. The van der Waals surface area contributed by atoms with Crippen molar-refractivity contribution in [2.75, 3.05) is 18.0 Å². The Morgan fingerprint density at radius 1 is 1.47 bits per heavy atom. The predicted octanol–water partition coefficient (Wildman–Crippen LogP) is 1.24. The molecule has 17 heavy (non-hydrogen) atoms. The van der Waals surface area contributed by atoms with Crippen LogP contribution in [0.5, 0.6) is 0 Å². The Morgan fingerprint density at radius 3 is 3.00 bits per heavy atom. The molecule has 0 saturated carbocycles. The van der Waals surface area contributed by atoms with Crippen molar-refractivity contribution < 1.29 is 9.90 Å². The molecular weight excluding hydrogens is 216 g/mol. The van der Waals surface area contributed by atoms with Gasteiger partial charge in [-0.25, -0.2) is 0 Å². The van der Waals surface area contributed by atoms with E-state index in [-0.39, 0.29) is 0 Å². The van der Waals surface area contributed by atoms with Crippen molar-refractivity contribution in [1.82, 2.24) is 0 Å². The van der Waals surface area contributed by atoms with Gasteiger partial charge in [-0.05, 0) is 30.9 Å². The summed E-state index contributed by atoms with van der Waals surface area (Å²) in [6.45, 7) is 1.70. The fourth-order valence-corrected chi connectivity index (χ4v) is 2.26. The highest BCUT2D eigenvalue weighted by molar-refractivity contribution is 5.73. The SMILES string of the molecule is NC(CCN1CCCc2ccccc21)C(=O)O. The molecule has 1 aliphatic heterocycles. The monoisotopic (exact) mass is 234 g/mol. The highest BCUT2D eigenvalue weighted by Crippen LogP contribution is 2.26. The quantitative estimate of drug-likeness (QED) is 0.822. The van der Waals surface area contributed by atoms with Crippen LogP contribution in [-0.2, 0) is 11.2 Å². The van der Waals surface area contributed by atoms with E-state index in [2.05, 4.69) is 17.0 Å². The first-order chi connectivity index (χ1) is 8.18. The molecule has 0 spiro atoms. The van der Waals surface area contributed by atoms with Crippen LogP contribution in [0.25, 0.3) is 0 Å². The van der Waals surface area contributed by atoms with E-state index in [1.807, 2.05) is 12.1 Å². The summed E-state index contributed by atoms with van der Waals surface area (Å²) >= 11 is 0. The van der Waals surface area contributed by atoms with Gasteiger partial charge in [0.25, 0.3) is 0 Å². The van der Waals surface area contributed by atoms with E-state index in [9.17, 15) is 4.79 Å². The van der Waals surface area contributed by atoms with Gasteiger partial charge in [0.1, 0.15) is 6.04 Å². The van der Waals surface area contributed by atoms with Crippen molar-refractivity contribution in [3.8, 4) is 0 Å². The zero-order valence-electron chi connectivity index (χ0n) is 9.80. The van der Waals surface area contributed by atoms with Crippen LogP contribution in [0, 0.1) is 0 Å². The summed E-state index contributed by atoms with van der Waals surface area (Å²) < 4.78 is 0. The van der Waals surface area contributed by atoms with Gasteiger partial charge in [-0.2, -0.15) is 0 Å². The molecule has 1 aromatic carbocycles. The van der Waals surface area contributed by atoms with Gasteiger partial charge in [0.2, 0.25) is 0 Å². The number of para-hydroxylation sites is 1. The molecule has 1 aliphatic rings. The average molecular weight is 234 g/mol. The number of aliphatic carboxylic acids is 1. The number of carboxylic acids is 1. The van der Waals surface area contributed by atoms with E-state index in [1.54, 1.807) is 0 Å². The van der Waals surface area contributed by atoms with Gasteiger partial charge in [0.15, 0.2) is 0 Å². The zero-order chi connectivity index (χ0) is 12.3. The number of aryl methyl sites for hydroxylation is 1. The molecule has 1 atom stereocenters. The summed E-state index contributed by atoms with van der Waals surface area (Å²) in [5, 5.41) is 8.76. The maximum Gasteiger partial charge on any atom is 0.320 e. The fourth-order valence-electron chi connectivity index (χ4n) is 2.26. The van der Waals surface area contributed by atoms with E-state index < -0.39 is 12.0 Å². The molecule has 0 bridgehead atoms. The van der Waals surface area contributed by atoms with Crippen molar-refractivity contribution in [2.45, 2.75) is 25.3 Å². The third-order valence-electron chi connectivity index (χ3n) is 3.23. The van der Waals surface area contributed by atoms with Crippen LogP contribution in [-0.4, -0.2) is 30.2 Å². The molecule has 0 amide bonds. The molecule has 92 valence electrons. The Bertz CT molecular complexity index is 406. The summed E-state index contributed by atoms with van der Waals surface area (Å²) in [5.41, 5.74) is 8.11. The van der Waals surface area contributed by atoms with E-state index in [4.69, 9.17) is 10.8 Å². The van der Waals surface area contributed by atoms with Crippen molar-refractivity contribution in [1.29, 1.82) is 0 Å². The molecule has 2 rings (SSSR count). The Morgan fingerprint density at radius 2 is 2.24 bits per heavy atom. The summed E-state index contributed by atoms with van der Waals surface area (Å²) in [5.74, 6) is -0.921. The Labute approximate surface area is 101 Å². The molecule has 1 aromatic rings. The minimum atomic E-state index is -0.921. The van der Waals surface area contributed by atoms with Crippen LogP contribution < -0.4 is 10.6 Å². The first-order valence-electron chi connectivity index (χ1n) is 5.99. The number of hydrogen-bond donors (Lipinski definition) is 2. The smallest absolute Gasteiger partial charge is 0.320 e. The molecular formula is C13H18N2O2. The van der Waals surface area contributed by atoms with Gasteiger partial charge < -0.3 is 15.7 Å². The number of carbonyl (C=O) groups is 1. The highest BCUT2D eigenvalue weighted by atomic mass is 16.4. The van der Waals surface area contributed by atoms with E-state index in [0.29, 0.717) is 13.0 Å². The first kappa shape index (κ1) is 11.9. The zero-order valence-corrected chi connectivity index (χ0v) is 9.80. The molecule has 1 unspecified atom stereocenters. The third kappa shape index (κ3) is 2.77. The van der Waals surface area contributed by atoms with Crippen molar-refractivity contribution in [3.63, 3.8) is 0 Å². The number of nitrogens with zero attached hydrogens (tertiary/aromatic N) is 1. The maximum absolute atomic E-state index is 10.7. The van der Waals surface area contributed by atoms with Crippen LogP contribution in [0.15, 0.2) is 24.3 Å². The molecule has 0 saturated heterocycles. The predicted molar refractivity (Wildman–Crippen MR) is 67.2 cm³/mol. The van der Waals surface area contributed by atoms with E-state index in [1.165, 1.54) is 11.3 Å². The lowest BCUT2D eigenvalue weighted by Crippen LogP contribution is -2.37. The fraction of sp³-hybridized carbons (Fsp3) is 0.462. The summed E-state index contributed by atoms with van der Waals surface area (Å²) in [6.07, 6.45) is 2.72. The van der Waals surface area contributed by atoms with E-state index >= 15 is 0 Å². The second kappa shape index (κ2) is 5.19. The molecule has 0 fully saturated rings. The van der Waals surface area contributed by atoms with Crippen LogP contribution in [0.2, 0.25) is 0 Å². The molecule has 0 radical (unpaired) electrons. The van der Waals surface area contributed by atoms with Crippen molar-refractivity contribution in [2.24, 2.45) is 5.73 Å². The number of nitrogens with two attached hydrogens (primary N) is 1. The van der Waals surface area contributed by atoms with Gasteiger partial charge in [-0.3, -0.25) is 4.79 Å². The largest absolute Gasteiger partial charge is 0.480 e. The van der Waals surface area contributed by atoms with Crippen LogP contribution >= 0.6 is 0 Å². The topological polar surface area (TPSA) is 66.6 Å². The minimum absolute atomic E-state index is 0.490. The standard InChI is InChI=1S/C13H18N2O2/c14-11(13(16)17)7-9-15-8-3-5-10-4-1-2-6-12(10)15/h1-2,4,6,11H,3,5,7-9,14H2,(H,16,17). The van der Waals surface area contributed by atoms with Crippen molar-refractivity contribution in [3.05, 3.63) is 29.8 Å². The lowest BCUT2D eigenvalue weighted by molar-refractivity contribution is -0.138. The Balaban J connectivity index is 2.01. The third-order valence-corrected chi connectivity index (χ3v) is 3.23. The van der Waals surface area contributed by atoms with Crippen LogP contribution in [0.3, 0.4) is 0 Å². The lowest BCUT2D eigenvalue weighted by Gasteiger charge is -2.31. The van der Waals surface area contributed by atoms with E-state index in [0.717, 1.165) is 19.4 Å². The molecule has 4 heteroatoms. The Kier molecular flexibility index (Phi) is 3.64. The van der Waals surface area contributed by atoms with Gasteiger partial charge in [0.05, 0.1) is 0 Å². The van der Waals surface area contributed by atoms with Crippen LogP contribution in [0.1, 0.15) is 18.4 Å². The van der Waals surface area contributed by atoms with Gasteiger partial charge in [-0.1, -0.05) is 18.2 Å². The maximum atomic E-state index is 10.7.